The van der Waals surface area contributed by atoms with Crippen LogP contribution in [-0.2, 0) is 0 Å². The number of pyridine rings is 1. The molecule has 2 nitrogen and oxygen atoms in total. The Hall–Kier alpha value is -2.14. The maximum absolute atomic E-state index is 8.73. The van der Waals surface area contributed by atoms with Crippen molar-refractivity contribution in [2.45, 2.75) is 26.2 Å². The summed E-state index contributed by atoms with van der Waals surface area (Å²) in [6, 6.07) is 14.3. The van der Waals surface area contributed by atoms with Gasteiger partial charge in [-0.05, 0) is 30.0 Å². The minimum Gasteiger partial charge on any atom is -0.255 e. The van der Waals surface area contributed by atoms with Gasteiger partial charge in [0, 0.05) is 11.8 Å². The van der Waals surface area contributed by atoms with Gasteiger partial charge in [-0.2, -0.15) is 5.26 Å². The molecule has 2 rings (SSSR count). The average Bonchev–Trinajstić information content (AvgIpc) is 2.47. The molecule has 1 atom stereocenters. The van der Waals surface area contributed by atoms with Gasteiger partial charge in [0.15, 0.2) is 0 Å². The van der Waals surface area contributed by atoms with E-state index in [1.54, 1.807) is 12.3 Å². The number of hydrogen-bond acceptors (Lipinski definition) is 2. The van der Waals surface area contributed by atoms with Gasteiger partial charge in [0.05, 0.1) is 11.3 Å². The van der Waals surface area contributed by atoms with Gasteiger partial charge in [0.2, 0.25) is 0 Å². The fourth-order valence-corrected chi connectivity index (χ4v) is 1.85. The highest BCUT2D eigenvalue weighted by Gasteiger charge is 2.04. The molecule has 2 heteroatoms. The summed E-state index contributed by atoms with van der Waals surface area (Å²) in [6.07, 6.45) is 2.76. The smallest absolute Gasteiger partial charge is 0.101 e. The SMILES string of the molecule is CCC(C)c1ccc(-c2ccc(C#N)cn2)cc1. The first-order chi connectivity index (χ1) is 8.74. The number of hydrogen-bond donors (Lipinski definition) is 0. The molecule has 0 saturated heterocycles. The van der Waals surface area contributed by atoms with Crippen molar-refractivity contribution >= 4 is 0 Å². The Morgan fingerprint density at radius 2 is 1.89 bits per heavy atom. The third kappa shape index (κ3) is 2.57. The summed E-state index contributed by atoms with van der Waals surface area (Å²) < 4.78 is 0. The molecule has 90 valence electrons. The van der Waals surface area contributed by atoms with Crippen molar-refractivity contribution in [1.82, 2.24) is 4.98 Å². The van der Waals surface area contributed by atoms with Crippen LogP contribution >= 0.6 is 0 Å². The molecule has 0 bridgehead atoms. The zero-order valence-corrected chi connectivity index (χ0v) is 10.7. The molecule has 0 aliphatic carbocycles. The normalized spacial score (nSPS) is 11.8. The first-order valence-electron chi connectivity index (χ1n) is 6.21. The Labute approximate surface area is 108 Å². The summed E-state index contributed by atoms with van der Waals surface area (Å²) in [5.74, 6) is 0.591. The Balaban J connectivity index is 2.26. The number of aromatic nitrogens is 1. The second kappa shape index (κ2) is 5.46. The van der Waals surface area contributed by atoms with Crippen molar-refractivity contribution in [3.63, 3.8) is 0 Å². The second-order valence-corrected chi connectivity index (χ2v) is 4.48. The molecule has 0 N–H and O–H groups in total. The van der Waals surface area contributed by atoms with Gasteiger partial charge in [-0.25, -0.2) is 0 Å². The van der Waals surface area contributed by atoms with Crippen LogP contribution in [0.1, 0.15) is 37.3 Å². The zero-order chi connectivity index (χ0) is 13.0. The average molecular weight is 236 g/mol. The molecule has 0 fully saturated rings. The molecular weight excluding hydrogens is 220 g/mol. The van der Waals surface area contributed by atoms with E-state index < -0.39 is 0 Å². The molecule has 18 heavy (non-hydrogen) atoms. The van der Waals surface area contributed by atoms with Crippen LogP contribution in [0.25, 0.3) is 11.3 Å². The largest absolute Gasteiger partial charge is 0.255 e. The van der Waals surface area contributed by atoms with E-state index in [1.165, 1.54) is 5.56 Å². The Morgan fingerprint density at radius 1 is 1.17 bits per heavy atom. The molecule has 0 aliphatic heterocycles. The maximum atomic E-state index is 8.73. The fraction of sp³-hybridized carbons (Fsp3) is 0.250. The van der Waals surface area contributed by atoms with Crippen molar-refractivity contribution in [1.29, 1.82) is 5.26 Å². The molecule has 0 aliphatic rings. The molecule has 1 heterocycles. The van der Waals surface area contributed by atoms with E-state index in [0.717, 1.165) is 17.7 Å². The third-order valence-electron chi connectivity index (χ3n) is 3.28. The molecule has 0 amide bonds. The molecule has 0 spiro atoms. The molecule has 2 aromatic rings. The van der Waals surface area contributed by atoms with Crippen LogP contribution in [-0.4, -0.2) is 4.98 Å². The van der Waals surface area contributed by atoms with Crippen molar-refractivity contribution in [3.8, 4) is 17.3 Å². The molecule has 0 radical (unpaired) electrons. The van der Waals surface area contributed by atoms with E-state index >= 15 is 0 Å². The summed E-state index contributed by atoms with van der Waals surface area (Å²) >= 11 is 0. The maximum Gasteiger partial charge on any atom is 0.101 e. The molecule has 1 aromatic heterocycles. The van der Waals surface area contributed by atoms with Crippen molar-refractivity contribution in [3.05, 3.63) is 53.7 Å². The summed E-state index contributed by atoms with van der Waals surface area (Å²) in [6.45, 7) is 4.43. The molecular formula is C16H16N2. The number of rotatable bonds is 3. The number of nitrogens with zero attached hydrogens (tertiary/aromatic N) is 2. The molecule has 0 saturated carbocycles. The quantitative estimate of drug-likeness (QED) is 0.803. The number of benzene rings is 1. The monoisotopic (exact) mass is 236 g/mol. The Morgan fingerprint density at radius 3 is 2.39 bits per heavy atom. The predicted octanol–water partition coefficient (Wildman–Crippen LogP) is 4.13. The first kappa shape index (κ1) is 12.3. The lowest BCUT2D eigenvalue weighted by molar-refractivity contribution is 0.734. The van der Waals surface area contributed by atoms with Crippen molar-refractivity contribution in [2.75, 3.05) is 0 Å². The van der Waals surface area contributed by atoms with Gasteiger partial charge in [-0.1, -0.05) is 38.1 Å². The van der Waals surface area contributed by atoms with Gasteiger partial charge >= 0.3 is 0 Å². The molecule has 1 unspecified atom stereocenters. The predicted molar refractivity (Wildman–Crippen MR) is 73.1 cm³/mol. The van der Waals surface area contributed by atoms with E-state index in [1.807, 2.05) is 6.07 Å². The highest BCUT2D eigenvalue weighted by Crippen LogP contribution is 2.23. The Bertz CT molecular complexity index is 547. The zero-order valence-electron chi connectivity index (χ0n) is 10.7. The lowest BCUT2D eigenvalue weighted by Crippen LogP contribution is -1.91. The van der Waals surface area contributed by atoms with E-state index in [2.05, 4.69) is 49.2 Å². The summed E-state index contributed by atoms with van der Waals surface area (Å²) in [7, 11) is 0. The summed E-state index contributed by atoms with van der Waals surface area (Å²) in [5.41, 5.74) is 3.95. The van der Waals surface area contributed by atoms with Gasteiger partial charge in [0.25, 0.3) is 0 Å². The summed E-state index contributed by atoms with van der Waals surface area (Å²) in [5, 5.41) is 8.73. The standard InChI is InChI=1S/C16H16N2/c1-3-12(2)14-5-7-15(8-6-14)16-9-4-13(10-17)11-18-16/h4-9,11-12H,3H2,1-2H3. The second-order valence-electron chi connectivity index (χ2n) is 4.48. The number of nitriles is 1. The van der Waals surface area contributed by atoms with E-state index in [-0.39, 0.29) is 0 Å². The third-order valence-corrected chi connectivity index (χ3v) is 3.28. The van der Waals surface area contributed by atoms with Gasteiger partial charge in [-0.15, -0.1) is 0 Å². The van der Waals surface area contributed by atoms with Crippen LogP contribution in [0.3, 0.4) is 0 Å². The lowest BCUT2D eigenvalue weighted by atomic mass is 9.97. The van der Waals surface area contributed by atoms with E-state index in [4.69, 9.17) is 5.26 Å². The van der Waals surface area contributed by atoms with Crippen LogP contribution in [0.5, 0.6) is 0 Å². The fourth-order valence-electron chi connectivity index (χ4n) is 1.85. The highest BCUT2D eigenvalue weighted by atomic mass is 14.7. The molecule has 1 aromatic carbocycles. The van der Waals surface area contributed by atoms with E-state index in [9.17, 15) is 0 Å². The Kier molecular flexibility index (Phi) is 3.74. The van der Waals surface area contributed by atoms with Crippen LogP contribution in [0.2, 0.25) is 0 Å². The lowest BCUT2D eigenvalue weighted by Gasteiger charge is -2.09. The van der Waals surface area contributed by atoms with Crippen LogP contribution in [0.15, 0.2) is 42.6 Å². The van der Waals surface area contributed by atoms with E-state index in [0.29, 0.717) is 11.5 Å². The van der Waals surface area contributed by atoms with Crippen molar-refractivity contribution in [2.24, 2.45) is 0 Å². The topological polar surface area (TPSA) is 36.7 Å². The minimum absolute atomic E-state index is 0.591. The van der Waals surface area contributed by atoms with Crippen LogP contribution in [0.4, 0.5) is 0 Å². The van der Waals surface area contributed by atoms with Crippen LogP contribution < -0.4 is 0 Å². The van der Waals surface area contributed by atoms with Gasteiger partial charge in [-0.3, -0.25) is 4.98 Å². The summed E-state index contributed by atoms with van der Waals surface area (Å²) in [4.78, 5) is 4.29. The highest BCUT2D eigenvalue weighted by molar-refractivity contribution is 5.60. The van der Waals surface area contributed by atoms with Crippen LogP contribution in [0, 0.1) is 11.3 Å². The van der Waals surface area contributed by atoms with Gasteiger partial charge < -0.3 is 0 Å². The first-order valence-corrected chi connectivity index (χ1v) is 6.21. The minimum atomic E-state index is 0.591. The van der Waals surface area contributed by atoms with Gasteiger partial charge in [0.1, 0.15) is 6.07 Å². The van der Waals surface area contributed by atoms with Crippen molar-refractivity contribution < 1.29 is 0 Å².